The SMILES string of the molecule is Cc1cccc2ccc3c4ccc(-c5cccc(-c6cc7c8ccccc8c8ccccc8c7c7ccccc67)c5)cc4n4c5ccccc5nc4c3c12. The summed E-state index contributed by atoms with van der Waals surface area (Å²) in [5.74, 6) is 0. The fourth-order valence-corrected chi connectivity index (χ4v) is 9.45. The Morgan fingerprint density at radius 2 is 0.981 bits per heavy atom. The number of fused-ring (bicyclic) bond motifs is 18. The highest BCUT2D eigenvalue weighted by atomic mass is 15.0. The molecule has 0 aliphatic rings. The second-order valence-corrected chi connectivity index (χ2v) is 14.7. The highest BCUT2D eigenvalue weighted by Crippen LogP contribution is 2.44. The van der Waals surface area contributed by atoms with Crippen molar-refractivity contribution in [2.24, 2.45) is 0 Å². The van der Waals surface area contributed by atoms with Gasteiger partial charge in [0.1, 0.15) is 5.65 Å². The largest absolute Gasteiger partial charge is 0.292 e. The van der Waals surface area contributed by atoms with Crippen LogP contribution in [0.2, 0.25) is 0 Å². The van der Waals surface area contributed by atoms with Crippen LogP contribution in [0.25, 0.3) is 114 Å². The number of imidazole rings is 1. The smallest absolute Gasteiger partial charge is 0.147 e. The summed E-state index contributed by atoms with van der Waals surface area (Å²) in [6.07, 6.45) is 0. The van der Waals surface area contributed by atoms with Crippen LogP contribution in [0.4, 0.5) is 0 Å². The van der Waals surface area contributed by atoms with Crippen LogP contribution in [-0.4, -0.2) is 9.38 Å². The summed E-state index contributed by atoms with van der Waals surface area (Å²) in [6.45, 7) is 2.21. The van der Waals surface area contributed by atoms with Gasteiger partial charge in [0.25, 0.3) is 0 Å². The number of nitrogens with zero attached hydrogens (tertiary/aromatic N) is 2. The average Bonchev–Trinajstić information content (AvgIpc) is 3.63. The van der Waals surface area contributed by atoms with Gasteiger partial charge in [0.2, 0.25) is 0 Å². The number of benzene rings is 10. The van der Waals surface area contributed by atoms with Crippen molar-refractivity contribution in [2.45, 2.75) is 6.92 Å². The van der Waals surface area contributed by atoms with Crippen LogP contribution in [0.3, 0.4) is 0 Å². The first-order valence-electron chi connectivity index (χ1n) is 18.7. The maximum Gasteiger partial charge on any atom is 0.147 e. The number of pyridine rings is 1. The first kappa shape index (κ1) is 29.5. The second-order valence-electron chi connectivity index (χ2n) is 14.7. The molecule has 0 amide bonds. The first-order valence-corrected chi connectivity index (χ1v) is 18.7. The molecule has 0 bridgehead atoms. The molecule has 0 aliphatic heterocycles. The molecule has 0 N–H and O–H groups in total. The lowest BCUT2D eigenvalue weighted by Crippen LogP contribution is -1.94. The zero-order valence-electron chi connectivity index (χ0n) is 29.6. The quantitative estimate of drug-likeness (QED) is 0.166. The van der Waals surface area contributed by atoms with Crippen LogP contribution in [0.5, 0.6) is 0 Å². The fourth-order valence-electron chi connectivity index (χ4n) is 9.45. The molecule has 2 heterocycles. The van der Waals surface area contributed by atoms with Crippen molar-refractivity contribution < 1.29 is 0 Å². The average molecular weight is 685 g/mol. The van der Waals surface area contributed by atoms with Crippen LogP contribution in [-0.2, 0) is 0 Å². The minimum absolute atomic E-state index is 1.01. The van der Waals surface area contributed by atoms with E-state index in [9.17, 15) is 0 Å². The minimum atomic E-state index is 1.01. The normalized spacial score (nSPS) is 12.2. The molecule has 2 nitrogen and oxygen atoms in total. The fraction of sp³-hybridized carbons (Fsp3) is 0.0192. The molecule has 0 radical (unpaired) electrons. The topological polar surface area (TPSA) is 17.3 Å². The van der Waals surface area contributed by atoms with Crippen molar-refractivity contribution in [3.05, 3.63) is 181 Å². The van der Waals surface area contributed by atoms with E-state index < -0.39 is 0 Å². The van der Waals surface area contributed by atoms with E-state index in [0.29, 0.717) is 0 Å². The van der Waals surface area contributed by atoms with Gasteiger partial charge in [-0.1, -0.05) is 146 Å². The van der Waals surface area contributed by atoms with Crippen LogP contribution in [0.1, 0.15) is 5.56 Å². The van der Waals surface area contributed by atoms with Crippen LogP contribution in [0, 0.1) is 6.92 Å². The van der Waals surface area contributed by atoms with Gasteiger partial charge in [-0.25, -0.2) is 4.98 Å². The Kier molecular flexibility index (Phi) is 6.01. The van der Waals surface area contributed by atoms with E-state index in [2.05, 4.69) is 187 Å². The van der Waals surface area contributed by atoms with Crippen molar-refractivity contribution in [1.29, 1.82) is 0 Å². The highest BCUT2D eigenvalue weighted by molar-refractivity contribution is 6.33. The summed E-state index contributed by atoms with van der Waals surface area (Å²) in [6, 6.07) is 64.8. The Morgan fingerprint density at radius 3 is 1.81 bits per heavy atom. The van der Waals surface area contributed by atoms with Gasteiger partial charge in [0, 0.05) is 10.8 Å². The van der Waals surface area contributed by atoms with E-state index in [0.717, 1.165) is 22.2 Å². The van der Waals surface area contributed by atoms with Crippen molar-refractivity contribution in [2.75, 3.05) is 0 Å². The van der Waals surface area contributed by atoms with Crippen LogP contribution < -0.4 is 0 Å². The standard InChI is InChI=1S/C52H32N2/c1-31-12-10-13-32-24-27-43-40-26-25-34(29-48(40)54-47-23-9-8-22-46(47)53-52(54)51(43)49(31)32)33-14-11-15-35(28-33)44-30-45-38-18-3-2-16-36(38)37-17-4-6-20-41(37)50(45)42-21-7-5-19-39(42)44/h2-30H,1H3. The predicted molar refractivity (Wildman–Crippen MR) is 231 cm³/mol. The lowest BCUT2D eigenvalue weighted by molar-refractivity contribution is 1.32. The molecule has 0 atom stereocenters. The summed E-state index contributed by atoms with van der Waals surface area (Å²) in [4.78, 5) is 5.30. The summed E-state index contributed by atoms with van der Waals surface area (Å²) in [5, 5.41) is 16.5. The maximum atomic E-state index is 5.30. The Morgan fingerprint density at radius 1 is 0.370 bits per heavy atom. The molecular formula is C52H32N2. The molecule has 12 rings (SSSR count). The summed E-state index contributed by atoms with van der Waals surface area (Å²) in [5.41, 5.74) is 10.4. The molecular weight excluding hydrogens is 653 g/mol. The molecule has 2 aromatic heterocycles. The Hall–Kier alpha value is -7.03. The summed E-state index contributed by atoms with van der Waals surface area (Å²) < 4.78 is 2.39. The highest BCUT2D eigenvalue weighted by Gasteiger charge is 2.19. The summed E-state index contributed by atoms with van der Waals surface area (Å²) >= 11 is 0. The first-order chi connectivity index (χ1) is 26.7. The molecule has 0 spiro atoms. The monoisotopic (exact) mass is 684 g/mol. The molecule has 54 heavy (non-hydrogen) atoms. The third-order valence-corrected chi connectivity index (χ3v) is 11.8. The molecule has 250 valence electrons. The van der Waals surface area contributed by atoms with E-state index in [1.165, 1.54) is 97.8 Å². The lowest BCUT2D eigenvalue weighted by Gasteiger charge is -2.17. The predicted octanol–water partition coefficient (Wildman–Crippen LogP) is 14.2. The number of hydrogen-bond donors (Lipinski definition) is 0. The van der Waals surface area contributed by atoms with Gasteiger partial charge in [-0.3, -0.25) is 4.40 Å². The van der Waals surface area contributed by atoms with Gasteiger partial charge in [-0.2, -0.15) is 0 Å². The Bertz CT molecular complexity index is 3570. The number of hydrogen-bond acceptors (Lipinski definition) is 1. The number of aryl methyl sites for hydroxylation is 1. The summed E-state index contributed by atoms with van der Waals surface area (Å²) in [7, 11) is 0. The van der Waals surface area contributed by atoms with Gasteiger partial charge in [-0.15, -0.1) is 0 Å². The van der Waals surface area contributed by atoms with E-state index in [-0.39, 0.29) is 0 Å². The Balaban J connectivity index is 1.13. The van der Waals surface area contributed by atoms with E-state index in [4.69, 9.17) is 4.98 Å². The molecule has 12 aromatic rings. The zero-order chi connectivity index (χ0) is 35.5. The third kappa shape index (κ3) is 4.03. The van der Waals surface area contributed by atoms with Crippen LogP contribution >= 0.6 is 0 Å². The van der Waals surface area contributed by atoms with Gasteiger partial charge in [-0.05, 0) is 124 Å². The number of rotatable bonds is 2. The van der Waals surface area contributed by atoms with Gasteiger partial charge in [0.15, 0.2) is 0 Å². The van der Waals surface area contributed by atoms with Crippen molar-refractivity contribution in [3.63, 3.8) is 0 Å². The van der Waals surface area contributed by atoms with Gasteiger partial charge >= 0.3 is 0 Å². The number of para-hydroxylation sites is 2. The minimum Gasteiger partial charge on any atom is -0.292 e. The lowest BCUT2D eigenvalue weighted by atomic mass is 9.87. The molecule has 0 aliphatic carbocycles. The molecule has 0 saturated carbocycles. The zero-order valence-corrected chi connectivity index (χ0v) is 29.6. The second kappa shape index (κ2) is 11.0. The van der Waals surface area contributed by atoms with Gasteiger partial charge in [0.05, 0.1) is 16.6 Å². The van der Waals surface area contributed by atoms with Crippen molar-refractivity contribution >= 4 is 92.2 Å². The number of aromatic nitrogens is 2. The molecule has 0 saturated heterocycles. The third-order valence-electron chi connectivity index (χ3n) is 11.8. The molecule has 2 heteroatoms. The molecule has 0 unspecified atom stereocenters. The van der Waals surface area contributed by atoms with Crippen LogP contribution in [0.15, 0.2) is 176 Å². The molecule has 10 aromatic carbocycles. The van der Waals surface area contributed by atoms with E-state index in [1.807, 2.05) is 0 Å². The van der Waals surface area contributed by atoms with E-state index >= 15 is 0 Å². The van der Waals surface area contributed by atoms with Crippen molar-refractivity contribution in [1.82, 2.24) is 9.38 Å². The Labute approximate surface area is 311 Å². The van der Waals surface area contributed by atoms with Gasteiger partial charge < -0.3 is 0 Å². The van der Waals surface area contributed by atoms with E-state index in [1.54, 1.807) is 0 Å². The maximum absolute atomic E-state index is 5.30. The molecule has 0 fully saturated rings. The van der Waals surface area contributed by atoms with Crippen molar-refractivity contribution in [3.8, 4) is 22.3 Å².